The van der Waals surface area contributed by atoms with E-state index in [1.807, 2.05) is 6.07 Å². The summed E-state index contributed by atoms with van der Waals surface area (Å²) in [6, 6.07) is 13.1. The number of carbonyl (C=O) groups is 1. The molecule has 0 unspecified atom stereocenters. The minimum atomic E-state index is -3.75. The zero-order chi connectivity index (χ0) is 18.3. The number of sulfonamides is 1. The van der Waals surface area contributed by atoms with Crippen LogP contribution in [0.4, 0.5) is 4.39 Å². The van der Waals surface area contributed by atoms with Gasteiger partial charge in [-0.2, -0.15) is 5.26 Å². The number of carbonyl (C=O) groups excluding carboxylic acids is 1. The van der Waals surface area contributed by atoms with Crippen molar-refractivity contribution >= 4 is 15.9 Å². The van der Waals surface area contributed by atoms with E-state index in [4.69, 9.17) is 5.26 Å². The van der Waals surface area contributed by atoms with E-state index >= 15 is 0 Å². The van der Waals surface area contributed by atoms with E-state index in [0.29, 0.717) is 5.56 Å². The van der Waals surface area contributed by atoms with E-state index in [0.717, 1.165) is 0 Å². The molecule has 1 amide bonds. The van der Waals surface area contributed by atoms with Crippen molar-refractivity contribution in [2.45, 2.75) is 11.3 Å². The Labute approximate surface area is 145 Å². The summed E-state index contributed by atoms with van der Waals surface area (Å²) in [5.41, 5.74) is 0.906. The van der Waals surface area contributed by atoms with Gasteiger partial charge in [-0.15, -0.1) is 0 Å². The lowest BCUT2D eigenvalue weighted by molar-refractivity contribution is -0.120. The number of nitrogens with one attached hydrogen (secondary N) is 2. The molecule has 2 aromatic carbocycles. The molecule has 0 aliphatic heterocycles. The molecule has 0 fully saturated rings. The molecular weight excluding hydrogens is 345 g/mol. The number of nitrogens with zero attached hydrogens (tertiary/aromatic N) is 1. The highest BCUT2D eigenvalue weighted by molar-refractivity contribution is 7.89. The molecule has 8 heteroatoms. The van der Waals surface area contributed by atoms with E-state index in [9.17, 15) is 17.6 Å². The Morgan fingerprint density at radius 2 is 1.84 bits per heavy atom. The number of nitriles is 1. The maximum Gasteiger partial charge on any atom is 0.240 e. The molecule has 0 aromatic heterocycles. The molecule has 2 N–H and O–H groups in total. The fourth-order valence-electron chi connectivity index (χ4n) is 2.05. The number of hydrogen-bond donors (Lipinski definition) is 2. The number of benzene rings is 2. The summed E-state index contributed by atoms with van der Waals surface area (Å²) in [4.78, 5) is 11.7. The van der Waals surface area contributed by atoms with Gasteiger partial charge < -0.3 is 5.32 Å². The first kappa shape index (κ1) is 18.6. The molecular formula is C17H16FN3O3S. The molecule has 0 aliphatic rings. The van der Waals surface area contributed by atoms with Crippen molar-refractivity contribution in [3.63, 3.8) is 0 Å². The van der Waals surface area contributed by atoms with Gasteiger partial charge in [0.2, 0.25) is 15.9 Å². The number of amides is 1. The predicted molar refractivity (Wildman–Crippen MR) is 89.5 cm³/mol. The van der Waals surface area contributed by atoms with Crippen LogP contribution >= 0.6 is 0 Å². The van der Waals surface area contributed by atoms with Gasteiger partial charge in [0.25, 0.3) is 0 Å². The number of hydrogen-bond acceptors (Lipinski definition) is 4. The summed E-state index contributed by atoms with van der Waals surface area (Å²) in [5.74, 6) is -0.670. The average Bonchev–Trinajstić information content (AvgIpc) is 2.61. The second-order valence-electron chi connectivity index (χ2n) is 5.19. The first-order chi connectivity index (χ1) is 11.9. The smallest absolute Gasteiger partial charge is 0.240 e. The van der Waals surface area contributed by atoms with Crippen molar-refractivity contribution in [1.82, 2.24) is 10.0 Å². The standard InChI is InChI=1S/C17H16FN3O3S/c18-15-6-4-13(5-7-15)11-17(22)20-8-9-21-25(23,24)16-3-1-2-14(10-16)12-19/h1-7,10,21H,8-9,11H2,(H,20,22). The lowest BCUT2D eigenvalue weighted by atomic mass is 10.1. The van der Waals surface area contributed by atoms with Crippen LogP contribution in [0.3, 0.4) is 0 Å². The molecule has 0 radical (unpaired) electrons. The topological polar surface area (TPSA) is 99.1 Å². The molecule has 2 rings (SSSR count). The van der Waals surface area contributed by atoms with Crippen LogP contribution < -0.4 is 10.0 Å². The third-order valence-corrected chi connectivity index (χ3v) is 4.75. The van der Waals surface area contributed by atoms with Crippen LogP contribution in [0.5, 0.6) is 0 Å². The van der Waals surface area contributed by atoms with Crippen molar-refractivity contribution in [1.29, 1.82) is 5.26 Å². The maximum absolute atomic E-state index is 12.8. The van der Waals surface area contributed by atoms with Gasteiger partial charge in [-0.3, -0.25) is 4.79 Å². The van der Waals surface area contributed by atoms with Crippen LogP contribution in [0.15, 0.2) is 53.4 Å². The Morgan fingerprint density at radius 1 is 1.12 bits per heavy atom. The Bertz CT molecular complexity index is 890. The molecule has 6 nitrogen and oxygen atoms in total. The fraction of sp³-hybridized carbons (Fsp3) is 0.176. The van der Waals surface area contributed by atoms with Gasteiger partial charge in [-0.25, -0.2) is 17.5 Å². The Kier molecular flexibility index (Phi) is 6.22. The van der Waals surface area contributed by atoms with E-state index < -0.39 is 10.0 Å². The quantitative estimate of drug-likeness (QED) is 0.727. The zero-order valence-electron chi connectivity index (χ0n) is 13.2. The first-order valence-electron chi connectivity index (χ1n) is 7.42. The van der Waals surface area contributed by atoms with Crippen molar-refractivity contribution in [2.75, 3.05) is 13.1 Å². The molecule has 130 valence electrons. The molecule has 0 heterocycles. The van der Waals surface area contributed by atoms with Gasteiger partial charge in [-0.05, 0) is 35.9 Å². The second-order valence-corrected chi connectivity index (χ2v) is 6.96. The summed E-state index contributed by atoms with van der Waals surface area (Å²) in [7, 11) is -3.75. The van der Waals surface area contributed by atoms with E-state index in [-0.39, 0.29) is 41.7 Å². The first-order valence-corrected chi connectivity index (χ1v) is 8.90. The Morgan fingerprint density at radius 3 is 2.52 bits per heavy atom. The zero-order valence-corrected chi connectivity index (χ0v) is 14.0. The Hall–Kier alpha value is -2.76. The summed E-state index contributed by atoms with van der Waals surface area (Å²) < 4.78 is 39.3. The fourth-order valence-corrected chi connectivity index (χ4v) is 3.13. The average molecular weight is 361 g/mol. The molecule has 0 saturated carbocycles. The van der Waals surface area contributed by atoms with Crippen LogP contribution in [0.1, 0.15) is 11.1 Å². The van der Waals surface area contributed by atoms with Gasteiger partial charge >= 0.3 is 0 Å². The van der Waals surface area contributed by atoms with E-state index in [2.05, 4.69) is 10.0 Å². The van der Waals surface area contributed by atoms with E-state index in [1.165, 1.54) is 48.5 Å². The highest BCUT2D eigenvalue weighted by Gasteiger charge is 2.14. The van der Waals surface area contributed by atoms with E-state index in [1.54, 1.807) is 0 Å². The maximum atomic E-state index is 12.8. The number of halogens is 1. The molecule has 0 bridgehead atoms. The van der Waals surface area contributed by atoms with Crippen LogP contribution in [0.2, 0.25) is 0 Å². The lowest BCUT2D eigenvalue weighted by Gasteiger charge is -2.08. The summed E-state index contributed by atoms with van der Waals surface area (Å²) >= 11 is 0. The van der Waals surface area contributed by atoms with Crippen LogP contribution in [0, 0.1) is 17.1 Å². The summed E-state index contributed by atoms with van der Waals surface area (Å²) in [6.45, 7) is 0.117. The second kappa shape index (κ2) is 8.37. The summed E-state index contributed by atoms with van der Waals surface area (Å²) in [6.07, 6.45) is 0.0806. The van der Waals surface area contributed by atoms with Gasteiger partial charge in [0.1, 0.15) is 5.82 Å². The minimum Gasteiger partial charge on any atom is -0.355 e. The van der Waals surface area contributed by atoms with Gasteiger partial charge in [0.15, 0.2) is 0 Å². The monoisotopic (exact) mass is 361 g/mol. The largest absolute Gasteiger partial charge is 0.355 e. The highest BCUT2D eigenvalue weighted by atomic mass is 32.2. The van der Waals surface area contributed by atoms with Crippen molar-refractivity contribution in [3.8, 4) is 6.07 Å². The predicted octanol–water partition coefficient (Wildman–Crippen LogP) is 1.33. The third-order valence-electron chi connectivity index (χ3n) is 3.29. The van der Waals surface area contributed by atoms with Crippen molar-refractivity contribution in [2.24, 2.45) is 0 Å². The van der Waals surface area contributed by atoms with Gasteiger partial charge in [-0.1, -0.05) is 18.2 Å². The van der Waals surface area contributed by atoms with Gasteiger partial charge in [0.05, 0.1) is 22.9 Å². The van der Waals surface area contributed by atoms with Crippen LogP contribution in [-0.2, 0) is 21.2 Å². The SMILES string of the molecule is N#Cc1cccc(S(=O)(=O)NCCNC(=O)Cc2ccc(F)cc2)c1. The third kappa shape index (κ3) is 5.67. The molecule has 0 atom stereocenters. The lowest BCUT2D eigenvalue weighted by Crippen LogP contribution is -2.35. The molecule has 0 saturated heterocycles. The summed E-state index contributed by atoms with van der Waals surface area (Å²) in [5, 5.41) is 11.4. The molecule has 2 aromatic rings. The minimum absolute atomic E-state index is 0.00821. The molecule has 0 spiro atoms. The van der Waals surface area contributed by atoms with Crippen molar-refractivity contribution < 1.29 is 17.6 Å². The van der Waals surface area contributed by atoms with Gasteiger partial charge in [0, 0.05) is 13.1 Å². The Balaban J connectivity index is 1.80. The molecule has 25 heavy (non-hydrogen) atoms. The molecule has 0 aliphatic carbocycles. The normalized spacial score (nSPS) is 10.9. The van der Waals surface area contributed by atoms with Crippen molar-refractivity contribution in [3.05, 3.63) is 65.5 Å². The van der Waals surface area contributed by atoms with Crippen LogP contribution in [0.25, 0.3) is 0 Å². The van der Waals surface area contributed by atoms with Crippen LogP contribution in [-0.4, -0.2) is 27.4 Å². The number of rotatable bonds is 7. The highest BCUT2D eigenvalue weighted by Crippen LogP contribution is 2.10.